The van der Waals surface area contributed by atoms with Crippen molar-refractivity contribution in [2.45, 2.75) is 25.9 Å². The van der Waals surface area contributed by atoms with E-state index < -0.39 is 0 Å². The molecule has 2 N–H and O–H groups in total. The van der Waals surface area contributed by atoms with Gasteiger partial charge in [-0.15, -0.1) is 0 Å². The van der Waals surface area contributed by atoms with Crippen LogP contribution in [-0.4, -0.2) is 55.5 Å². The Morgan fingerprint density at radius 2 is 1.81 bits per heavy atom. The van der Waals surface area contributed by atoms with E-state index >= 15 is 0 Å². The fourth-order valence-electron chi connectivity index (χ4n) is 5.85. The number of benzene rings is 1. The van der Waals surface area contributed by atoms with Gasteiger partial charge < -0.3 is 15.4 Å². The molecular formula is C25H32N4O3. The number of rotatable bonds is 7. The van der Waals surface area contributed by atoms with Gasteiger partial charge in [-0.1, -0.05) is 42.5 Å². The molecule has 7 heteroatoms. The Labute approximate surface area is 189 Å². The van der Waals surface area contributed by atoms with Crippen molar-refractivity contribution in [3.8, 4) is 0 Å². The monoisotopic (exact) mass is 436 g/mol. The van der Waals surface area contributed by atoms with Crippen molar-refractivity contribution in [3.63, 3.8) is 0 Å². The first kappa shape index (κ1) is 21.2. The smallest absolute Gasteiger partial charge is 0.233 e. The second-order valence-corrected chi connectivity index (χ2v) is 9.23. The second kappa shape index (κ2) is 9.06. The minimum Gasteiger partial charge on any atom is -0.373 e. The van der Waals surface area contributed by atoms with Crippen LogP contribution in [-0.2, 0) is 14.3 Å². The molecular weight excluding hydrogens is 404 g/mol. The number of hydrogen-bond acceptors (Lipinski definition) is 4. The third-order valence-electron chi connectivity index (χ3n) is 7.36. The van der Waals surface area contributed by atoms with Crippen LogP contribution in [0.3, 0.4) is 0 Å². The van der Waals surface area contributed by atoms with Crippen LogP contribution >= 0.6 is 0 Å². The highest BCUT2D eigenvalue weighted by Crippen LogP contribution is 2.52. The van der Waals surface area contributed by atoms with Crippen molar-refractivity contribution in [2.75, 3.05) is 32.8 Å². The summed E-state index contributed by atoms with van der Waals surface area (Å²) < 4.78 is 5.98. The summed E-state index contributed by atoms with van der Waals surface area (Å²) in [6.45, 7) is 5.07. The van der Waals surface area contributed by atoms with Crippen LogP contribution in [0.15, 0.2) is 47.5 Å². The molecule has 0 spiro atoms. The molecule has 1 saturated carbocycles. The van der Waals surface area contributed by atoms with Gasteiger partial charge in [-0.3, -0.25) is 19.5 Å². The summed E-state index contributed by atoms with van der Waals surface area (Å²) >= 11 is 0. The van der Waals surface area contributed by atoms with Crippen LogP contribution < -0.4 is 10.6 Å². The van der Waals surface area contributed by atoms with Crippen LogP contribution in [0.5, 0.6) is 0 Å². The molecule has 32 heavy (non-hydrogen) atoms. The highest BCUT2D eigenvalue weighted by Gasteiger charge is 2.58. The molecule has 1 aromatic carbocycles. The van der Waals surface area contributed by atoms with Crippen molar-refractivity contribution in [2.24, 2.45) is 34.6 Å². The molecule has 5 rings (SSSR count). The second-order valence-electron chi connectivity index (χ2n) is 9.23. The third kappa shape index (κ3) is 3.83. The van der Waals surface area contributed by atoms with Crippen molar-refractivity contribution in [3.05, 3.63) is 48.0 Å². The van der Waals surface area contributed by atoms with E-state index in [-0.39, 0.29) is 41.6 Å². The summed E-state index contributed by atoms with van der Waals surface area (Å²) in [6.07, 6.45) is 6.28. The first-order valence-corrected chi connectivity index (χ1v) is 11.9. The van der Waals surface area contributed by atoms with E-state index in [1.54, 1.807) is 0 Å². The lowest BCUT2D eigenvalue weighted by Gasteiger charge is -2.20. The average Bonchev–Trinajstić information content (AvgIpc) is 3.59. The van der Waals surface area contributed by atoms with Gasteiger partial charge in [0.1, 0.15) is 0 Å². The van der Waals surface area contributed by atoms with E-state index in [0.717, 1.165) is 26.0 Å². The summed E-state index contributed by atoms with van der Waals surface area (Å²) in [5.41, 5.74) is 1.20. The van der Waals surface area contributed by atoms with E-state index in [1.165, 1.54) is 10.5 Å². The number of ether oxygens (including phenoxy) is 1. The molecule has 2 bridgehead atoms. The van der Waals surface area contributed by atoms with Gasteiger partial charge in [-0.2, -0.15) is 0 Å². The van der Waals surface area contributed by atoms with Crippen LogP contribution in [0.1, 0.15) is 31.4 Å². The average molecular weight is 437 g/mol. The van der Waals surface area contributed by atoms with Gasteiger partial charge in [0.05, 0.1) is 17.9 Å². The van der Waals surface area contributed by atoms with Crippen molar-refractivity contribution < 1.29 is 14.3 Å². The van der Waals surface area contributed by atoms with E-state index in [9.17, 15) is 9.59 Å². The zero-order chi connectivity index (χ0) is 22.1. The molecule has 2 aliphatic carbocycles. The number of guanidine groups is 1. The summed E-state index contributed by atoms with van der Waals surface area (Å²) in [5, 5.41) is 6.58. The van der Waals surface area contributed by atoms with Crippen LogP contribution in [0.4, 0.5) is 0 Å². The summed E-state index contributed by atoms with van der Waals surface area (Å²) in [6, 6.07) is 10.3. The van der Waals surface area contributed by atoms with E-state index in [2.05, 4.69) is 34.9 Å². The van der Waals surface area contributed by atoms with Crippen molar-refractivity contribution in [1.29, 1.82) is 0 Å². The van der Waals surface area contributed by atoms with Crippen LogP contribution in [0.25, 0.3) is 0 Å². The predicted octanol–water partition coefficient (Wildman–Crippen LogP) is 2.13. The van der Waals surface area contributed by atoms with E-state index in [0.29, 0.717) is 31.5 Å². The van der Waals surface area contributed by atoms with Gasteiger partial charge in [0, 0.05) is 38.7 Å². The first-order chi connectivity index (χ1) is 15.7. The molecule has 2 amide bonds. The Morgan fingerprint density at radius 1 is 1.09 bits per heavy atom. The number of amides is 2. The van der Waals surface area contributed by atoms with E-state index in [4.69, 9.17) is 9.73 Å². The van der Waals surface area contributed by atoms with Gasteiger partial charge in [-0.25, -0.2) is 0 Å². The lowest BCUT2D eigenvalue weighted by atomic mass is 9.85. The molecule has 2 aliphatic heterocycles. The lowest BCUT2D eigenvalue weighted by molar-refractivity contribution is -0.140. The molecule has 2 heterocycles. The molecule has 3 fully saturated rings. The number of nitrogens with one attached hydrogen (secondary N) is 2. The third-order valence-corrected chi connectivity index (χ3v) is 7.36. The maximum Gasteiger partial charge on any atom is 0.233 e. The molecule has 0 radical (unpaired) electrons. The molecule has 6 atom stereocenters. The zero-order valence-corrected chi connectivity index (χ0v) is 18.6. The normalized spacial score (nSPS) is 33.3. The Balaban J connectivity index is 1.16. The maximum absolute atomic E-state index is 12.8. The topological polar surface area (TPSA) is 83.0 Å². The molecule has 2 saturated heterocycles. The summed E-state index contributed by atoms with van der Waals surface area (Å²) in [7, 11) is 0. The Bertz CT molecular complexity index is 885. The summed E-state index contributed by atoms with van der Waals surface area (Å²) in [4.78, 5) is 31.9. The van der Waals surface area contributed by atoms with Crippen molar-refractivity contribution >= 4 is 17.8 Å². The predicted molar refractivity (Wildman–Crippen MR) is 122 cm³/mol. The highest BCUT2D eigenvalue weighted by molar-refractivity contribution is 6.06. The van der Waals surface area contributed by atoms with Crippen LogP contribution in [0.2, 0.25) is 0 Å². The number of carbonyl (C=O) groups excluding carboxylic acids is 2. The van der Waals surface area contributed by atoms with E-state index in [1.807, 2.05) is 25.1 Å². The molecule has 4 aliphatic rings. The highest BCUT2D eigenvalue weighted by atomic mass is 16.5. The minimum absolute atomic E-state index is 0.00870. The SMILES string of the molecule is CCNC(=NCC1CCOC1c1ccccc1)NCCN1C(=O)C2C3C=CC(C3)C2C1=O. The minimum atomic E-state index is -0.128. The molecule has 7 nitrogen and oxygen atoms in total. The molecule has 6 unspecified atom stereocenters. The number of aliphatic imine (C=N–C) groups is 1. The Kier molecular flexibility index (Phi) is 6.00. The fourth-order valence-corrected chi connectivity index (χ4v) is 5.85. The number of fused-ring (bicyclic) bond motifs is 5. The number of imide groups is 1. The number of allylic oxidation sites excluding steroid dienone is 2. The first-order valence-electron chi connectivity index (χ1n) is 11.9. The fraction of sp³-hybridized carbons (Fsp3) is 0.560. The maximum atomic E-state index is 12.8. The van der Waals surface area contributed by atoms with Gasteiger partial charge in [0.15, 0.2) is 5.96 Å². The van der Waals surface area contributed by atoms with Gasteiger partial charge in [-0.05, 0) is 37.2 Å². The molecule has 0 aromatic heterocycles. The van der Waals surface area contributed by atoms with Gasteiger partial charge in [0.25, 0.3) is 0 Å². The zero-order valence-electron chi connectivity index (χ0n) is 18.6. The summed E-state index contributed by atoms with van der Waals surface area (Å²) in [5.74, 6) is 1.32. The Morgan fingerprint density at radius 3 is 2.50 bits per heavy atom. The van der Waals surface area contributed by atoms with Gasteiger partial charge >= 0.3 is 0 Å². The number of carbonyl (C=O) groups is 2. The van der Waals surface area contributed by atoms with Crippen LogP contribution in [0, 0.1) is 29.6 Å². The molecule has 170 valence electrons. The lowest BCUT2D eigenvalue weighted by Crippen LogP contribution is -2.44. The number of nitrogens with zero attached hydrogens (tertiary/aromatic N) is 2. The number of likely N-dealkylation sites (tertiary alicyclic amines) is 1. The molecule has 1 aromatic rings. The standard InChI is InChI=1S/C25H32N4O3/c1-2-26-25(28-15-19-10-13-32-22(19)16-6-4-3-5-7-16)27-11-12-29-23(30)20-17-8-9-18(14-17)21(20)24(29)31/h3-9,17-22H,2,10-15H2,1H3,(H2,26,27,28). The van der Waals surface area contributed by atoms with Gasteiger partial charge in [0.2, 0.25) is 11.8 Å². The van der Waals surface area contributed by atoms with Crippen molar-refractivity contribution in [1.82, 2.24) is 15.5 Å². The quantitative estimate of drug-likeness (QED) is 0.296. The number of hydrogen-bond donors (Lipinski definition) is 2. The largest absolute Gasteiger partial charge is 0.373 e. The Hall–Kier alpha value is -2.67.